The van der Waals surface area contributed by atoms with E-state index in [4.69, 9.17) is 0 Å². The molecule has 2 heterocycles. The SMILES string of the molecule is O=C(Nc1cc([N+](=O)[O-])ccc1F)c1cnn2c(C(F)F)cc(C3CC3)nc12. The first-order chi connectivity index (χ1) is 13.3. The number of hydrogen-bond donors (Lipinski definition) is 1. The number of nitrogens with one attached hydrogen (secondary N) is 1. The van der Waals surface area contributed by atoms with Crippen molar-refractivity contribution in [3.8, 4) is 0 Å². The van der Waals surface area contributed by atoms with Crippen molar-refractivity contribution in [3.05, 3.63) is 63.3 Å². The molecule has 0 radical (unpaired) electrons. The molecule has 1 amide bonds. The molecule has 1 fully saturated rings. The number of alkyl halides is 2. The van der Waals surface area contributed by atoms with Gasteiger partial charge in [-0.05, 0) is 25.0 Å². The molecule has 4 rings (SSSR count). The van der Waals surface area contributed by atoms with Gasteiger partial charge in [0.15, 0.2) is 5.65 Å². The van der Waals surface area contributed by atoms with Crippen molar-refractivity contribution in [2.24, 2.45) is 0 Å². The molecular weight excluding hydrogens is 379 g/mol. The van der Waals surface area contributed by atoms with Gasteiger partial charge in [-0.1, -0.05) is 0 Å². The number of rotatable bonds is 5. The molecule has 144 valence electrons. The predicted octanol–water partition coefficient (Wildman–Crippen LogP) is 3.84. The molecule has 1 saturated carbocycles. The van der Waals surface area contributed by atoms with Gasteiger partial charge < -0.3 is 5.32 Å². The monoisotopic (exact) mass is 391 g/mol. The lowest BCUT2D eigenvalue weighted by Crippen LogP contribution is -2.14. The number of carbonyl (C=O) groups excluding carboxylic acids is 1. The zero-order valence-electron chi connectivity index (χ0n) is 14.1. The minimum Gasteiger partial charge on any atom is -0.319 e. The largest absolute Gasteiger partial charge is 0.319 e. The standard InChI is InChI=1S/C17H12F3N5O3/c18-11-4-3-9(25(27)28)5-13(11)23-17(26)10-7-21-24-14(15(19)20)6-12(8-1-2-8)22-16(10)24/h3-8,15H,1-2H2,(H,23,26). The molecule has 0 saturated heterocycles. The molecule has 3 aromatic rings. The smallest absolute Gasteiger partial charge is 0.280 e. The Morgan fingerprint density at radius 1 is 1.32 bits per heavy atom. The average molecular weight is 391 g/mol. The van der Waals surface area contributed by atoms with Crippen LogP contribution >= 0.6 is 0 Å². The summed E-state index contributed by atoms with van der Waals surface area (Å²) in [6, 6.07) is 3.94. The summed E-state index contributed by atoms with van der Waals surface area (Å²) in [4.78, 5) is 27.0. The second kappa shape index (κ2) is 6.59. The lowest BCUT2D eigenvalue weighted by atomic mass is 10.2. The van der Waals surface area contributed by atoms with E-state index in [-0.39, 0.29) is 17.1 Å². The van der Waals surface area contributed by atoms with Gasteiger partial charge in [-0.15, -0.1) is 0 Å². The zero-order chi connectivity index (χ0) is 20.0. The molecule has 1 aliphatic carbocycles. The zero-order valence-corrected chi connectivity index (χ0v) is 14.1. The number of aromatic nitrogens is 3. The number of hydrogen-bond acceptors (Lipinski definition) is 5. The number of benzene rings is 1. The van der Waals surface area contributed by atoms with Gasteiger partial charge in [-0.25, -0.2) is 22.7 Å². The Morgan fingerprint density at radius 3 is 2.71 bits per heavy atom. The van der Waals surface area contributed by atoms with Crippen LogP contribution < -0.4 is 5.32 Å². The number of anilines is 1. The third kappa shape index (κ3) is 3.15. The van der Waals surface area contributed by atoms with E-state index in [1.165, 1.54) is 6.07 Å². The van der Waals surface area contributed by atoms with E-state index in [1.54, 1.807) is 0 Å². The lowest BCUT2D eigenvalue weighted by molar-refractivity contribution is -0.384. The second-order valence-corrected chi connectivity index (χ2v) is 6.35. The summed E-state index contributed by atoms with van der Waals surface area (Å²) in [5.74, 6) is -1.69. The number of non-ortho nitro benzene ring substituents is 1. The molecule has 0 atom stereocenters. The van der Waals surface area contributed by atoms with Gasteiger partial charge in [-0.2, -0.15) is 5.10 Å². The number of carbonyl (C=O) groups is 1. The maximum Gasteiger partial charge on any atom is 0.280 e. The minimum atomic E-state index is -2.83. The van der Waals surface area contributed by atoms with Crippen LogP contribution in [-0.4, -0.2) is 25.4 Å². The molecule has 0 spiro atoms. The van der Waals surface area contributed by atoms with Crippen LogP contribution in [0, 0.1) is 15.9 Å². The van der Waals surface area contributed by atoms with Crippen molar-refractivity contribution in [1.29, 1.82) is 0 Å². The van der Waals surface area contributed by atoms with Gasteiger partial charge in [0.25, 0.3) is 18.0 Å². The number of nitro groups is 1. The van der Waals surface area contributed by atoms with Crippen molar-refractivity contribution in [2.75, 3.05) is 5.32 Å². The van der Waals surface area contributed by atoms with Crippen LogP contribution in [0.2, 0.25) is 0 Å². The minimum absolute atomic E-state index is 0.0579. The molecule has 1 aromatic carbocycles. The van der Waals surface area contributed by atoms with Crippen molar-refractivity contribution in [2.45, 2.75) is 25.2 Å². The Labute approximate surface area is 155 Å². The fourth-order valence-corrected chi connectivity index (χ4v) is 2.82. The maximum absolute atomic E-state index is 13.9. The van der Waals surface area contributed by atoms with E-state index < -0.39 is 40.1 Å². The summed E-state index contributed by atoms with van der Waals surface area (Å²) >= 11 is 0. The van der Waals surface area contributed by atoms with Crippen molar-refractivity contribution < 1.29 is 22.9 Å². The van der Waals surface area contributed by atoms with Crippen LogP contribution in [0.15, 0.2) is 30.5 Å². The topological polar surface area (TPSA) is 102 Å². The van der Waals surface area contributed by atoms with E-state index in [0.29, 0.717) is 5.69 Å². The lowest BCUT2D eigenvalue weighted by Gasteiger charge is -2.08. The summed E-state index contributed by atoms with van der Waals surface area (Å²) in [6.45, 7) is 0. The van der Waals surface area contributed by atoms with Crippen LogP contribution in [0.1, 0.15) is 46.9 Å². The molecule has 1 aliphatic rings. The second-order valence-electron chi connectivity index (χ2n) is 6.35. The fourth-order valence-electron chi connectivity index (χ4n) is 2.82. The van der Waals surface area contributed by atoms with Gasteiger partial charge in [0.05, 0.1) is 16.8 Å². The molecule has 11 heteroatoms. The normalized spacial score (nSPS) is 13.9. The number of halogens is 3. The van der Waals surface area contributed by atoms with Crippen LogP contribution in [0.5, 0.6) is 0 Å². The first-order valence-electron chi connectivity index (χ1n) is 8.27. The summed E-state index contributed by atoms with van der Waals surface area (Å²) in [7, 11) is 0. The fraction of sp³-hybridized carbons (Fsp3) is 0.235. The Balaban J connectivity index is 1.74. The predicted molar refractivity (Wildman–Crippen MR) is 90.9 cm³/mol. The van der Waals surface area contributed by atoms with E-state index in [0.717, 1.165) is 41.8 Å². The molecule has 0 aliphatic heterocycles. The Bertz CT molecular complexity index is 1110. The molecule has 0 bridgehead atoms. The van der Waals surface area contributed by atoms with Gasteiger partial charge in [0.2, 0.25) is 0 Å². The number of amides is 1. The van der Waals surface area contributed by atoms with Crippen molar-refractivity contribution >= 4 is 22.9 Å². The Morgan fingerprint density at radius 2 is 2.07 bits per heavy atom. The first-order valence-corrected chi connectivity index (χ1v) is 8.27. The van der Waals surface area contributed by atoms with Crippen LogP contribution in [0.4, 0.5) is 24.5 Å². The highest BCUT2D eigenvalue weighted by atomic mass is 19.3. The Hall–Kier alpha value is -3.50. The highest BCUT2D eigenvalue weighted by molar-refractivity contribution is 6.08. The number of fused-ring (bicyclic) bond motifs is 1. The first kappa shape index (κ1) is 17.9. The highest BCUT2D eigenvalue weighted by Crippen LogP contribution is 2.40. The summed E-state index contributed by atoms with van der Waals surface area (Å²) < 4.78 is 41.6. The maximum atomic E-state index is 13.9. The molecule has 2 aromatic heterocycles. The molecular formula is C17H12F3N5O3. The summed E-state index contributed by atoms with van der Waals surface area (Å²) in [5, 5.41) is 16.9. The van der Waals surface area contributed by atoms with Crippen LogP contribution in [0.3, 0.4) is 0 Å². The van der Waals surface area contributed by atoms with Crippen LogP contribution in [0.25, 0.3) is 5.65 Å². The summed E-state index contributed by atoms with van der Waals surface area (Å²) in [5.41, 5.74) is -0.999. The number of nitro benzene ring substituents is 1. The van der Waals surface area contributed by atoms with Gasteiger partial charge in [-0.3, -0.25) is 14.9 Å². The van der Waals surface area contributed by atoms with Gasteiger partial charge in [0.1, 0.15) is 17.1 Å². The highest BCUT2D eigenvalue weighted by Gasteiger charge is 2.29. The summed E-state index contributed by atoms with van der Waals surface area (Å²) in [6.07, 6.45) is -0.135. The van der Waals surface area contributed by atoms with E-state index >= 15 is 0 Å². The molecule has 1 N–H and O–H groups in total. The quantitative estimate of drug-likeness (QED) is 0.526. The molecule has 0 unspecified atom stereocenters. The van der Waals surface area contributed by atoms with Crippen LogP contribution in [-0.2, 0) is 0 Å². The van der Waals surface area contributed by atoms with Crippen molar-refractivity contribution in [1.82, 2.24) is 14.6 Å². The van der Waals surface area contributed by atoms with E-state index in [1.807, 2.05) is 0 Å². The van der Waals surface area contributed by atoms with Crippen molar-refractivity contribution in [3.63, 3.8) is 0 Å². The average Bonchev–Trinajstić information content (AvgIpc) is 3.41. The van der Waals surface area contributed by atoms with Gasteiger partial charge in [0, 0.05) is 23.7 Å². The molecule has 28 heavy (non-hydrogen) atoms. The van der Waals surface area contributed by atoms with E-state index in [9.17, 15) is 28.1 Å². The van der Waals surface area contributed by atoms with Gasteiger partial charge >= 0.3 is 0 Å². The molecule has 8 nitrogen and oxygen atoms in total. The third-order valence-electron chi connectivity index (χ3n) is 4.39. The van der Waals surface area contributed by atoms with E-state index in [2.05, 4.69) is 15.4 Å². The third-order valence-corrected chi connectivity index (χ3v) is 4.39. The number of nitrogens with zero attached hydrogens (tertiary/aromatic N) is 4. The Kier molecular flexibility index (Phi) is 4.21.